The standard InChI is InChI=1S/C23H42O4/c1-7-20(5)17-26-23(27-18-21(6)8-2)15-13-11-9-10-12-14-22(24)25-16-19(3)4/h19-21,23H,7-12,14,16-18H2,1-6H3. The number of hydrogen-bond acceptors (Lipinski definition) is 4. The Kier molecular flexibility index (Phi) is 16.4. The van der Waals surface area contributed by atoms with Gasteiger partial charge in [-0.25, -0.2) is 0 Å². The number of esters is 1. The number of carbonyl (C=O) groups excluding carboxylic acids is 1. The van der Waals surface area contributed by atoms with Crippen LogP contribution in [0.3, 0.4) is 0 Å². The number of carbonyl (C=O) groups is 1. The van der Waals surface area contributed by atoms with Gasteiger partial charge in [-0.15, -0.1) is 0 Å². The van der Waals surface area contributed by atoms with Crippen LogP contribution in [0.1, 0.15) is 86.5 Å². The topological polar surface area (TPSA) is 44.8 Å². The molecule has 4 nitrogen and oxygen atoms in total. The van der Waals surface area contributed by atoms with Gasteiger partial charge in [0.15, 0.2) is 0 Å². The van der Waals surface area contributed by atoms with E-state index in [4.69, 9.17) is 14.2 Å². The van der Waals surface area contributed by atoms with Gasteiger partial charge in [0.25, 0.3) is 0 Å². The summed E-state index contributed by atoms with van der Waals surface area (Å²) in [5, 5.41) is 0. The molecule has 2 atom stereocenters. The predicted octanol–water partition coefficient (Wildman–Crippen LogP) is 5.59. The van der Waals surface area contributed by atoms with Crippen molar-refractivity contribution in [1.82, 2.24) is 0 Å². The van der Waals surface area contributed by atoms with Gasteiger partial charge >= 0.3 is 5.97 Å². The van der Waals surface area contributed by atoms with Crippen molar-refractivity contribution in [2.75, 3.05) is 19.8 Å². The monoisotopic (exact) mass is 382 g/mol. The minimum atomic E-state index is -0.431. The minimum absolute atomic E-state index is 0.0910. The fourth-order valence-electron chi connectivity index (χ4n) is 2.02. The van der Waals surface area contributed by atoms with E-state index in [1.165, 1.54) is 0 Å². The van der Waals surface area contributed by atoms with Gasteiger partial charge in [-0.3, -0.25) is 4.79 Å². The van der Waals surface area contributed by atoms with Crippen LogP contribution in [0, 0.1) is 29.6 Å². The van der Waals surface area contributed by atoms with Gasteiger partial charge in [0.1, 0.15) is 0 Å². The second-order valence-corrected chi connectivity index (χ2v) is 7.98. The lowest BCUT2D eigenvalue weighted by molar-refractivity contribution is -0.144. The zero-order valence-electron chi connectivity index (χ0n) is 18.5. The largest absolute Gasteiger partial charge is 0.465 e. The fourth-order valence-corrected chi connectivity index (χ4v) is 2.02. The van der Waals surface area contributed by atoms with Crippen LogP contribution in [-0.2, 0) is 19.0 Å². The van der Waals surface area contributed by atoms with Crippen molar-refractivity contribution in [3.05, 3.63) is 0 Å². The smallest absolute Gasteiger partial charge is 0.305 e. The summed E-state index contributed by atoms with van der Waals surface area (Å²) in [5.74, 6) is 7.63. The summed E-state index contributed by atoms with van der Waals surface area (Å²) in [5.41, 5.74) is 0. The molecule has 0 spiro atoms. The van der Waals surface area contributed by atoms with Crippen LogP contribution >= 0.6 is 0 Å². The maximum Gasteiger partial charge on any atom is 0.305 e. The fraction of sp³-hybridized carbons (Fsp3) is 0.870. The van der Waals surface area contributed by atoms with E-state index >= 15 is 0 Å². The van der Waals surface area contributed by atoms with E-state index < -0.39 is 6.29 Å². The lowest BCUT2D eigenvalue weighted by Gasteiger charge is -2.18. The Morgan fingerprint density at radius 3 is 1.96 bits per heavy atom. The molecule has 0 heterocycles. The van der Waals surface area contributed by atoms with Crippen molar-refractivity contribution >= 4 is 5.97 Å². The van der Waals surface area contributed by atoms with Crippen LogP contribution < -0.4 is 0 Å². The Morgan fingerprint density at radius 1 is 0.852 bits per heavy atom. The predicted molar refractivity (Wildman–Crippen MR) is 111 cm³/mol. The third-order valence-electron chi connectivity index (χ3n) is 4.44. The zero-order valence-corrected chi connectivity index (χ0v) is 18.5. The first-order valence-corrected chi connectivity index (χ1v) is 10.8. The van der Waals surface area contributed by atoms with Crippen LogP contribution in [0.2, 0.25) is 0 Å². The lowest BCUT2D eigenvalue weighted by atomic mass is 10.1. The molecule has 0 fully saturated rings. The summed E-state index contributed by atoms with van der Waals surface area (Å²) in [7, 11) is 0. The summed E-state index contributed by atoms with van der Waals surface area (Å²) in [4.78, 5) is 11.5. The summed E-state index contributed by atoms with van der Waals surface area (Å²) in [6.45, 7) is 14.6. The average molecular weight is 383 g/mol. The lowest BCUT2D eigenvalue weighted by Crippen LogP contribution is -2.21. The molecule has 4 heteroatoms. The van der Waals surface area contributed by atoms with Gasteiger partial charge in [-0.1, -0.05) is 66.7 Å². The van der Waals surface area contributed by atoms with Gasteiger partial charge in [0.05, 0.1) is 19.8 Å². The molecular weight excluding hydrogens is 340 g/mol. The summed E-state index contributed by atoms with van der Waals surface area (Å²) in [6, 6.07) is 0. The molecule has 0 N–H and O–H groups in total. The van der Waals surface area contributed by atoms with Crippen LogP contribution in [0.4, 0.5) is 0 Å². The van der Waals surface area contributed by atoms with E-state index in [0.29, 0.717) is 44.0 Å². The van der Waals surface area contributed by atoms with Crippen molar-refractivity contribution in [1.29, 1.82) is 0 Å². The van der Waals surface area contributed by atoms with E-state index in [9.17, 15) is 4.79 Å². The van der Waals surface area contributed by atoms with Crippen molar-refractivity contribution in [2.24, 2.45) is 17.8 Å². The maximum absolute atomic E-state index is 11.5. The van der Waals surface area contributed by atoms with Crippen LogP contribution in [-0.4, -0.2) is 32.1 Å². The van der Waals surface area contributed by atoms with Crippen LogP contribution in [0.25, 0.3) is 0 Å². The van der Waals surface area contributed by atoms with Crippen molar-refractivity contribution in [3.63, 3.8) is 0 Å². The summed E-state index contributed by atoms with van der Waals surface area (Å²) in [6.07, 6.45) is 5.87. The first-order chi connectivity index (χ1) is 12.9. The van der Waals surface area contributed by atoms with E-state index in [-0.39, 0.29) is 5.97 Å². The number of hydrogen-bond donors (Lipinski definition) is 0. The molecule has 0 bridgehead atoms. The summed E-state index contributed by atoms with van der Waals surface area (Å²) < 4.78 is 16.8. The molecule has 0 aliphatic rings. The SMILES string of the molecule is CCC(C)COC(C#CCCCCCC(=O)OCC(C)C)OCC(C)CC. The Bertz CT molecular complexity index is 408. The highest BCUT2D eigenvalue weighted by molar-refractivity contribution is 5.69. The van der Waals surface area contributed by atoms with E-state index in [0.717, 1.165) is 38.5 Å². The molecule has 0 amide bonds. The Morgan fingerprint density at radius 2 is 1.44 bits per heavy atom. The molecule has 0 aromatic heterocycles. The van der Waals surface area contributed by atoms with Gasteiger partial charge in [-0.05, 0) is 36.5 Å². The van der Waals surface area contributed by atoms with Gasteiger partial charge in [0, 0.05) is 12.8 Å². The Labute approximate surface area is 167 Å². The van der Waals surface area contributed by atoms with E-state index in [2.05, 4.69) is 39.5 Å². The molecule has 158 valence electrons. The van der Waals surface area contributed by atoms with Gasteiger partial charge in [-0.2, -0.15) is 0 Å². The third kappa shape index (κ3) is 16.8. The molecule has 0 aromatic rings. The molecule has 0 aliphatic heterocycles. The van der Waals surface area contributed by atoms with E-state index in [1.54, 1.807) is 0 Å². The molecule has 0 saturated heterocycles. The highest BCUT2D eigenvalue weighted by Gasteiger charge is 2.10. The van der Waals surface area contributed by atoms with Crippen LogP contribution in [0.5, 0.6) is 0 Å². The molecule has 0 aromatic carbocycles. The first-order valence-electron chi connectivity index (χ1n) is 10.8. The Balaban J connectivity index is 4.06. The van der Waals surface area contributed by atoms with Gasteiger partial charge in [0.2, 0.25) is 6.29 Å². The molecule has 0 radical (unpaired) electrons. The van der Waals surface area contributed by atoms with Crippen molar-refractivity contribution < 1.29 is 19.0 Å². The highest BCUT2D eigenvalue weighted by Crippen LogP contribution is 2.08. The van der Waals surface area contributed by atoms with Crippen LogP contribution in [0.15, 0.2) is 0 Å². The number of unbranched alkanes of at least 4 members (excludes halogenated alkanes) is 3. The second-order valence-electron chi connectivity index (χ2n) is 7.98. The molecule has 27 heavy (non-hydrogen) atoms. The second kappa shape index (κ2) is 17.1. The normalized spacial score (nSPS) is 14.3. The van der Waals surface area contributed by atoms with Gasteiger partial charge < -0.3 is 14.2 Å². The molecular formula is C23H42O4. The third-order valence-corrected chi connectivity index (χ3v) is 4.44. The Hall–Kier alpha value is -1.05. The molecule has 0 rings (SSSR count). The van der Waals surface area contributed by atoms with E-state index in [1.807, 2.05) is 13.8 Å². The van der Waals surface area contributed by atoms with Crippen molar-refractivity contribution in [2.45, 2.75) is 92.8 Å². The average Bonchev–Trinajstić information content (AvgIpc) is 2.66. The first kappa shape index (κ1) is 26.0. The maximum atomic E-state index is 11.5. The zero-order chi connectivity index (χ0) is 20.5. The molecule has 2 unspecified atom stereocenters. The number of ether oxygens (including phenoxy) is 3. The molecule has 0 aliphatic carbocycles. The molecule has 0 saturated carbocycles. The van der Waals surface area contributed by atoms with Crippen molar-refractivity contribution in [3.8, 4) is 11.8 Å². The highest BCUT2D eigenvalue weighted by atomic mass is 16.7. The quantitative estimate of drug-likeness (QED) is 0.160. The minimum Gasteiger partial charge on any atom is -0.465 e. The number of rotatable bonds is 15. The summed E-state index contributed by atoms with van der Waals surface area (Å²) >= 11 is 0.